The number of carbonyl (C=O) groups excluding carboxylic acids is 1. The number of ether oxygens (including phenoxy) is 1. The summed E-state index contributed by atoms with van der Waals surface area (Å²) in [5, 5.41) is 1.59. The number of para-hydroxylation sites is 1. The van der Waals surface area contributed by atoms with E-state index in [2.05, 4.69) is 17.6 Å². The second-order valence-corrected chi connectivity index (χ2v) is 6.95. The van der Waals surface area contributed by atoms with Gasteiger partial charge in [-0.05, 0) is 42.8 Å². The van der Waals surface area contributed by atoms with Crippen LogP contribution in [-0.4, -0.2) is 17.0 Å². The number of aromatic nitrogens is 1. The number of hydrogen-bond acceptors (Lipinski definition) is 2. The molecule has 0 amide bonds. The summed E-state index contributed by atoms with van der Waals surface area (Å²) in [7, 11) is 0. The maximum Gasteiger partial charge on any atom is 0.202 e. The number of nitrogens with zero attached hydrogens (tertiary/aromatic N) is 1. The first-order chi connectivity index (χ1) is 13.7. The zero-order valence-electron chi connectivity index (χ0n) is 15.6. The topological polar surface area (TPSA) is 31.2 Å². The van der Waals surface area contributed by atoms with Crippen LogP contribution in [0.1, 0.15) is 17.3 Å². The molecule has 4 aromatic rings. The second-order valence-electron chi connectivity index (χ2n) is 6.52. The van der Waals surface area contributed by atoms with Crippen molar-refractivity contribution < 1.29 is 9.53 Å². The van der Waals surface area contributed by atoms with Crippen molar-refractivity contribution in [3.05, 3.63) is 89.4 Å². The van der Waals surface area contributed by atoms with E-state index < -0.39 is 0 Å². The first-order valence-electron chi connectivity index (χ1n) is 9.27. The molecule has 0 aliphatic rings. The smallest absolute Gasteiger partial charge is 0.202 e. The fourth-order valence-electron chi connectivity index (χ4n) is 3.56. The third-order valence-corrected chi connectivity index (χ3v) is 5.05. The molecule has 0 spiro atoms. The molecule has 28 heavy (non-hydrogen) atoms. The molecule has 0 atom stereocenters. The summed E-state index contributed by atoms with van der Waals surface area (Å²) >= 11 is 5.92. The Hall–Kier alpha value is -3.04. The Balaban J connectivity index is 1.78. The summed E-state index contributed by atoms with van der Waals surface area (Å²) in [6.45, 7) is 2.84. The molecular formula is C24H20ClNO2. The molecule has 4 heteroatoms. The van der Waals surface area contributed by atoms with Crippen molar-refractivity contribution in [2.75, 3.05) is 6.61 Å². The van der Waals surface area contributed by atoms with Crippen molar-refractivity contribution in [2.45, 2.75) is 13.5 Å². The third kappa shape index (κ3) is 3.41. The van der Waals surface area contributed by atoms with Crippen molar-refractivity contribution in [1.29, 1.82) is 0 Å². The number of Topliss-reactive ketones (excluding diaryl/α,β-unsaturated/α-hetero) is 1. The second kappa shape index (κ2) is 7.91. The number of aryl methyl sites for hydroxylation is 1. The molecule has 140 valence electrons. The average Bonchev–Trinajstić information content (AvgIpc) is 3.08. The number of hydrogen-bond donors (Lipinski definition) is 0. The molecule has 0 unspecified atom stereocenters. The number of rotatable bonds is 6. The Morgan fingerprint density at radius 2 is 1.61 bits per heavy atom. The zero-order valence-corrected chi connectivity index (χ0v) is 16.3. The van der Waals surface area contributed by atoms with E-state index in [1.54, 1.807) is 24.3 Å². The van der Waals surface area contributed by atoms with E-state index in [0.717, 1.165) is 28.7 Å². The maximum absolute atomic E-state index is 13.3. The van der Waals surface area contributed by atoms with Gasteiger partial charge in [-0.2, -0.15) is 0 Å². The van der Waals surface area contributed by atoms with Crippen molar-refractivity contribution in [3.63, 3.8) is 0 Å². The molecule has 1 aromatic heterocycles. The van der Waals surface area contributed by atoms with Gasteiger partial charge in [-0.15, -0.1) is 0 Å². The lowest BCUT2D eigenvalue weighted by Crippen LogP contribution is -2.13. The summed E-state index contributed by atoms with van der Waals surface area (Å²) < 4.78 is 7.94. The summed E-state index contributed by atoms with van der Waals surface area (Å²) in [6.07, 6.45) is 0. The molecule has 0 N–H and O–H groups in total. The third-order valence-electron chi connectivity index (χ3n) is 4.80. The first-order valence-corrected chi connectivity index (χ1v) is 9.65. The van der Waals surface area contributed by atoms with E-state index >= 15 is 0 Å². The van der Waals surface area contributed by atoms with Gasteiger partial charge in [0.15, 0.2) is 6.61 Å². The quantitative estimate of drug-likeness (QED) is 0.365. The van der Waals surface area contributed by atoms with E-state index in [1.165, 1.54) is 0 Å². The van der Waals surface area contributed by atoms with Gasteiger partial charge in [-0.1, -0.05) is 60.1 Å². The molecular weight excluding hydrogens is 370 g/mol. The monoisotopic (exact) mass is 389 g/mol. The highest BCUT2D eigenvalue weighted by Crippen LogP contribution is 2.34. The van der Waals surface area contributed by atoms with Gasteiger partial charge in [0.2, 0.25) is 5.78 Å². The molecule has 3 nitrogen and oxygen atoms in total. The minimum absolute atomic E-state index is 0.0286. The standard InChI is InChI=1S/C24H20ClNO2/c1-2-26-21-11-7-6-10-20(21)23(24(26)17-8-4-3-5-9-17)22(27)16-28-19-14-12-18(25)13-15-19/h3-15H,2,16H2,1H3. The van der Waals surface area contributed by atoms with Crippen LogP contribution < -0.4 is 4.74 Å². The number of halogens is 1. The van der Waals surface area contributed by atoms with E-state index in [9.17, 15) is 4.79 Å². The molecule has 0 saturated carbocycles. The van der Waals surface area contributed by atoms with Gasteiger partial charge < -0.3 is 9.30 Å². The van der Waals surface area contributed by atoms with Crippen molar-refractivity contribution in [2.24, 2.45) is 0 Å². The van der Waals surface area contributed by atoms with Gasteiger partial charge >= 0.3 is 0 Å². The normalized spacial score (nSPS) is 10.9. The molecule has 3 aromatic carbocycles. The molecule has 0 fully saturated rings. The fourth-order valence-corrected chi connectivity index (χ4v) is 3.69. The predicted octanol–water partition coefficient (Wildman–Crippen LogP) is 6.24. The number of fused-ring (bicyclic) bond motifs is 1. The van der Waals surface area contributed by atoms with Crippen molar-refractivity contribution in [3.8, 4) is 17.0 Å². The Bertz CT molecular complexity index is 1110. The summed E-state index contributed by atoms with van der Waals surface area (Å²) in [4.78, 5) is 13.3. The van der Waals surface area contributed by atoms with Gasteiger partial charge in [0.1, 0.15) is 5.75 Å². The molecule has 0 radical (unpaired) electrons. The summed E-state index contributed by atoms with van der Waals surface area (Å²) in [5.74, 6) is 0.579. The summed E-state index contributed by atoms with van der Waals surface area (Å²) in [5.41, 5.74) is 3.72. The van der Waals surface area contributed by atoms with E-state index in [1.807, 2.05) is 48.5 Å². The van der Waals surface area contributed by atoms with Crippen LogP contribution in [0, 0.1) is 0 Å². The summed E-state index contributed by atoms with van der Waals surface area (Å²) in [6, 6.07) is 25.1. The maximum atomic E-state index is 13.3. The molecule has 4 rings (SSSR count). The van der Waals surface area contributed by atoms with Crippen molar-refractivity contribution >= 4 is 28.3 Å². The predicted molar refractivity (Wildman–Crippen MR) is 114 cm³/mol. The minimum atomic E-state index is -0.0443. The highest BCUT2D eigenvalue weighted by atomic mass is 35.5. The highest BCUT2D eigenvalue weighted by Gasteiger charge is 2.23. The van der Waals surface area contributed by atoms with Gasteiger partial charge in [0.25, 0.3) is 0 Å². The minimum Gasteiger partial charge on any atom is -0.485 e. The number of benzene rings is 3. The Morgan fingerprint density at radius 1 is 0.929 bits per heavy atom. The van der Waals surface area contributed by atoms with Crippen LogP contribution >= 0.6 is 11.6 Å². The van der Waals surface area contributed by atoms with Gasteiger partial charge in [0, 0.05) is 22.5 Å². The SMILES string of the molecule is CCn1c(-c2ccccc2)c(C(=O)COc2ccc(Cl)cc2)c2ccccc21. The fraction of sp³-hybridized carbons (Fsp3) is 0.125. The Kier molecular flexibility index (Phi) is 5.18. The van der Waals surface area contributed by atoms with E-state index in [-0.39, 0.29) is 12.4 Å². The van der Waals surface area contributed by atoms with E-state index in [4.69, 9.17) is 16.3 Å². The van der Waals surface area contributed by atoms with Gasteiger partial charge in [-0.25, -0.2) is 0 Å². The molecule has 0 bridgehead atoms. The van der Waals surface area contributed by atoms with Crippen molar-refractivity contribution in [1.82, 2.24) is 4.57 Å². The van der Waals surface area contributed by atoms with Crippen LogP contribution in [0.5, 0.6) is 5.75 Å². The van der Waals surface area contributed by atoms with Crippen LogP contribution in [0.2, 0.25) is 5.02 Å². The number of ketones is 1. The molecule has 0 saturated heterocycles. The van der Waals surface area contributed by atoms with Gasteiger partial charge in [-0.3, -0.25) is 4.79 Å². The van der Waals surface area contributed by atoms with Crippen LogP contribution in [0.4, 0.5) is 0 Å². The van der Waals surface area contributed by atoms with E-state index in [0.29, 0.717) is 16.3 Å². The average molecular weight is 390 g/mol. The number of carbonyl (C=O) groups is 1. The molecule has 1 heterocycles. The largest absolute Gasteiger partial charge is 0.485 e. The van der Waals surface area contributed by atoms with Gasteiger partial charge in [0.05, 0.1) is 11.3 Å². The highest BCUT2D eigenvalue weighted by molar-refractivity contribution is 6.30. The molecule has 0 aliphatic carbocycles. The van der Waals surface area contributed by atoms with Crippen LogP contribution in [0.25, 0.3) is 22.2 Å². The van der Waals surface area contributed by atoms with Crippen LogP contribution in [0.15, 0.2) is 78.9 Å². The van der Waals surface area contributed by atoms with Crippen LogP contribution in [0.3, 0.4) is 0 Å². The Morgan fingerprint density at radius 3 is 2.32 bits per heavy atom. The molecule has 0 aliphatic heterocycles. The lowest BCUT2D eigenvalue weighted by atomic mass is 10.0. The lowest BCUT2D eigenvalue weighted by molar-refractivity contribution is 0.0923. The lowest BCUT2D eigenvalue weighted by Gasteiger charge is -2.11. The van der Waals surface area contributed by atoms with Crippen LogP contribution in [-0.2, 0) is 6.54 Å². The first kappa shape index (κ1) is 18.3. The zero-order chi connectivity index (χ0) is 19.5. The Labute approximate surface area is 169 Å².